The van der Waals surface area contributed by atoms with E-state index in [0.717, 1.165) is 6.42 Å². The molecule has 9 aromatic rings. The summed E-state index contributed by atoms with van der Waals surface area (Å²) in [6.07, 6.45) is 10.1. The minimum Gasteiger partial charge on any atom is -0.309 e. The Morgan fingerprint density at radius 1 is 0.469 bits per heavy atom. The molecule has 0 spiro atoms. The molecule has 0 saturated carbocycles. The monoisotopic (exact) mass is 623 g/mol. The zero-order valence-corrected chi connectivity index (χ0v) is 27.3. The van der Waals surface area contributed by atoms with Crippen molar-refractivity contribution < 1.29 is 0 Å². The fourth-order valence-corrected chi connectivity index (χ4v) is 8.22. The van der Waals surface area contributed by atoms with E-state index in [2.05, 4.69) is 181 Å². The maximum Gasteiger partial charge on any atom is 0.0541 e. The number of hydrogen-bond acceptors (Lipinski definition) is 0. The van der Waals surface area contributed by atoms with Crippen LogP contribution >= 0.6 is 0 Å². The Morgan fingerprint density at radius 3 is 1.67 bits per heavy atom. The normalized spacial score (nSPS) is 14.2. The number of fused-ring (bicyclic) bond motifs is 3. The van der Waals surface area contributed by atoms with Gasteiger partial charge >= 0.3 is 0 Å². The van der Waals surface area contributed by atoms with Crippen LogP contribution in [0.3, 0.4) is 0 Å². The van der Waals surface area contributed by atoms with Gasteiger partial charge in [0, 0.05) is 16.5 Å². The van der Waals surface area contributed by atoms with Crippen molar-refractivity contribution in [1.29, 1.82) is 0 Å². The lowest BCUT2D eigenvalue weighted by molar-refractivity contribution is 1.18. The Labute approximate surface area is 285 Å². The van der Waals surface area contributed by atoms with Crippen LogP contribution in [-0.2, 0) is 0 Å². The summed E-state index contributed by atoms with van der Waals surface area (Å²) >= 11 is 0. The van der Waals surface area contributed by atoms with Gasteiger partial charge in [0.05, 0.1) is 11.0 Å². The molecule has 0 saturated heterocycles. The molecule has 1 heteroatoms. The predicted octanol–water partition coefficient (Wildman–Crippen LogP) is 13.3. The highest BCUT2D eigenvalue weighted by Crippen LogP contribution is 2.44. The molecule has 0 unspecified atom stereocenters. The Hall–Kier alpha value is -6.18. The Morgan fingerprint density at radius 2 is 1.04 bits per heavy atom. The molecule has 1 heterocycles. The highest BCUT2D eigenvalue weighted by molar-refractivity contribution is 6.27. The maximum atomic E-state index is 2.39. The van der Waals surface area contributed by atoms with Crippen LogP contribution in [0.1, 0.15) is 18.9 Å². The maximum absolute atomic E-state index is 2.39. The van der Waals surface area contributed by atoms with E-state index in [4.69, 9.17) is 0 Å². The smallest absolute Gasteiger partial charge is 0.0541 e. The Kier molecular flexibility index (Phi) is 6.22. The van der Waals surface area contributed by atoms with Crippen molar-refractivity contribution in [3.63, 3.8) is 0 Å². The van der Waals surface area contributed by atoms with E-state index in [9.17, 15) is 0 Å². The minimum absolute atomic E-state index is 0.970. The lowest BCUT2D eigenvalue weighted by Crippen LogP contribution is -1.94. The number of rotatable bonds is 4. The van der Waals surface area contributed by atoms with Crippen molar-refractivity contribution in [2.45, 2.75) is 13.3 Å². The number of para-hydroxylation sites is 2. The number of aromatic nitrogens is 1. The molecule has 1 aliphatic rings. The predicted molar refractivity (Wildman–Crippen MR) is 211 cm³/mol. The first-order chi connectivity index (χ1) is 24.3. The minimum atomic E-state index is 0.970. The van der Waals surface area contributed by atoms with Gasteiger partial charge in [0.25, 0.3) is 0 Å². The van der Waals surface area contributed by atoms with Gasteiger partial charge in [-0.1, -0.05) is 146 Å². The van der Waals surface area contributed by atoms with Crippen molar-refractivity contribution in [3.8, 4) is 27.9 Å². The summed E-state index contributed by atoms with van der Waals surface area (Å²) in [6.45, 7) is 2.12. The summed E-state index contributed by atoms with van der Waals surface area (Å²) < 4.78 is 2.39. The third kappa shape index (κ3) is 4.26. The van der Waals surface area contributed by atoms with Gasteiger partial charge in [0.2, 0.25) is 0 Å². The summed E-state index contributed by atoms with van der Waals surface area (Å²) in [7, 11) is 0. The zero-order valence-electron chi connectivity index (χ0n) is 27.3. The summed E-state index contributed by atoms with van der Waals surface area (Å²) in [4.78, 5) is 0. The van der Waals surface area contributed by atoms with Gasteiger partial charge in [-0.2, -0.15) is 0 Å². The topological polar surface area (TPSA) is 4.93 Å². The molecule has 0 N–H and O–H groups in total. The zero-order chi connectivity index (χ0) is 32.5. The summed E-state index contributed by atoms with van der Waals surface area (Å²) in [6, 6.07) is 53.9. The molecule has 1 aliphatic carbocycles. The molecule has 1 nitrogen and oxygen atoms in total. The number of nitrogens with zero attached hydrogens (tertiary/aromatic N) is 1. The molecule has 0 bridgehead atoms. The van der Waals surface area contributed by atoms with Gasteiger partial charge in [-0.3, -0.25) is 0 Å². The Balaban J connectivity index is 1.12. The van der Waals surface area contributed by atoms with E-state index >= 15 is 0 Å². The summed E-state index contributed by atoms with van der Waals surface area (Å²) in [5.74, 6) is 0. The van der Waals surface area contributed by atoms with Crippen LogP contribution in [0, 0.1) is 0 Å². The van der Waals surface area contributed by atoms with E-state index in [1.165, 1.54) is 98.8 Å². The van der Waals surface area contributed by atoms with E-state index in [1.54, 1.807) is 0 Å². The van der Waals surface area contributed by atoms with Gasteiger partial charge in [-0.15, -0.1) is 0 Å². The van der Waals surface area contributed by atoms with Gasteiger partial charge in [0.15, 0.2) is 0 Å². The summed E-state index contributed by atoms with van der Waals surface area (Å²) in [5.41, 5.74) is 12.6. The van der Waals surface area contributed by atoms with E-state index in [0.29, 0.717) is 0 Å². The highest BCUT2D eigenvalue weighted by atomic mass is 15.0. The van der Waals surface area contributed by atoms with Crippen LogP contribution in [-0.4, -0.2) is 4.57 Å². The lowest BCUT2D eigenvalue weighted by atomic mass is 9.85. The first kappa shape index (κ1) is 27.9. The first-order valence-electron chi connectivity index (χ1n) is 17.2. The molecule has 49 heavy (non-hydrogen) atoms. The molecular formula is C48H33N. The standard InChI is InChI=1S/C48H33N/c1-2-31-15-17-32(18-16-31)37-9-3-4-10-39(37)40-28-22-35-23-29-43-38(27-21-34-24-30-44(40)48(35)47(34)43)33-19-25-36(26-20-33)49-45-13-7-5-11-41(45)42-12-6-8-14-46(42)49/h2-15,17-30H,16H2,1H3. The van der Waals surface area contributed by atoms with Gasteiger partial charge in [0.1, 0.15) is 0 Å². The molecule has 0 radical (unpaired) electrons. The molecule has 10 rings (SSSR count). The highest BCUT2D eigenvalue weighted by Gasteiger charge is 2.18. The molecule has 0 amide bonds. The largest absolute Gasteiger partial charge is 0.309 e. The van der Waals surface area contributed by atoms with E-state index in [-0.39, 0.29) is 0 Å². The molecule has 230 valence electrons. The van der Waals surface area contributed by atoms with Crippen molar-refractivity contribution in [1.82, 2.24) is 4.57 Å². The molecule has 0 atom stereocenters. The van der Waals surface area contributed by atoms with E-state index < -0.39 is 0 Å². The van der Waals surface area contributed by atoms with Gasteiger partial charge in [-0.25, -0.2) is 0 Å². The quantitative estimate of drug-likeness (QED) is 0.172. The molecule has 8 aromatic carbocycles. The number of allylic oxidation sites excluding steroid dienone is 6. The van der Waals surface area contributed by atoms with Crippen LogP contribution < -0.4 is 0 Å². The number of hydrogen-bond donors (Lipinski definition) is 0. The fraction of sp³-hybridized carbons (Fsp3) is 0.0417. The van der Waals surface area contributed by atoms with Crippen molar-refractivity contribution in [2.24, 2.45) is 0 Å². The fourth-order valence-electron chi connectivity index (χ4n) is 8.22. The SMILES string of the molecule is CC=C1C=CC(c2ccccc2-c2ccc3ccc4c(-c5ccc(-n6c7ccccc7c7ccccc76)cc5)ccc5ccc2c3c54)=CC1. The van der Waals surface area contributed by atoms with Gasteiger partial charge < -0.3 is 4.57 Å². The molecule has 0 aliphatic heterocycles. The van der Waals surface area contributed by atoms with Crippen molar-refractivity contribution in [2.75, 3.05) is 0 Å². The second kappa shape index (κ2) is 10.9. The van der Waals surface area contributed by atoms with E-state index in [1.807, 2.05) is 0 Å². The number of benzene rings is 8. The van der Waals surface area contributed by atoms with Crippen LogP contribution in [0.5, 0.6) is 0 Å². The average Bonchev–Trinajstić information content (AvgIpc) is 3.51. The van der Waals surface area contributed by atoms with Crippen molar-refractivity contribution >= 4 is 59.7 Å². The van der Waals surface area contributed by atoms with Crippen LogP contribution in [0.2, 0.25) is 0 Å². The third-order valence-corrected chi connectivity index (χ3v) is 10.6. The molecule has 1 aromatic heterocycles. The molecule has 0 fully saturated rings. The Bertz CT molecular complexity index is 2780. The van der Waals surface area contributed by atoms with Crippen molar-refractivity contribution in [3.05, 3.63) is 181 Å². The third-order valence-electron chi connectivity index (χ3n) is 10.6. The second-order valence-electron chi connectivity index (χ2n) is 13.2. The van der Waals surface area contributed by atoms with Gasteiger partial charge in [-0.05, 0) is 109 Å². The lowest BCUT2D eigenvalue weighted by Gasteiger charge is -2.19. The van der Waals surface area contributed by atoms with Crippen LogP contribution in [0.25, 0.3) is 87.6 Å². The summed E-state index contributed by atoms with van der Waals surface area (Å²) in [5, 5.41) is 10.4. The molecular weight excluding hydrogens is 591 g/mol. The first-order valence-corrected chi connectivity index (χ1v) is 17.2. The average molecular weight is 624 g/mol. The van der Waals surface area contributed by atoms with Crippen LogP contribution in [0.4, 0.5) is 0 Å². The van der Waals surface area contributed by atoms with Crippen LogP contribution in [0.15, 0.2) is 175 Å². The second-order valence-corrected chi connectivity index (χ2v) is 13.2.